The molecule has 0 fully saturated rings. The largest absolute Gasteiger partial charge is 0.348 e. The minimum Gasteiger partial charge on any atom is -0.348 e. The number of hydrogen-bond acceptors (Lipinski definition) is 2. The first kappa shape index (κ1) is 16.3. The van der Waals surface area contributed by atoms with E-state index in [9.17, 15) is 4.79 Å². The summed E-state index contributed by atoms with van der Waals surface area (Å²) in [4.78, 5) is 12.2. The van der Waals surface area contributed by atoms with E-state index in [0.29, 0.717) is 11.6 Å². The molecule has 2 aromatic rings. The molecule has 0 saturated heterocycles. The number of nitrogens with zero attached hydrogens (tertiary/aromatic N) is 1. The highest BCUT2D eigenvalue weighted by Gasteiger charge is 2.13. The molecule has 0 radical (unpaired) electrons. The summed E-state index contributed by atoms with van der Waals surface area (Å²) in [6.07, 6.45) is 2.78. The summed E-state index contributed by atoms with van der Waals surface area (Å²) < 4.78 is 0. The van der Waals surface area contributed by atoms with Crippen LogP contribution in [0.4, 0.5) is 0 Å². The third kappa shape index (κ3) is 5.02. The zero-order chi connectivity index (χ0) is 15.9. The zero-order valence-electron chi connectivity index (χ0n) is 13.6. The Hall–Kier alpha value is -2.10. The Kier molecular flexibility index (Phi) is 5.75. The molecule has 0 bridgehead atoms. The molecule has 1 aromatic heterocycles. The molecule has 0 aliphatic rings. The van der Waals surface area contributed by atoms with Gasteiger partial charge < -0.3 is 5.32 Å². The lowest BCUT2D eigenvalue weighted by Crippen LogP contribution is -2.33. The summed E-state index contributed by atoms with van der Waals surface area (Å²) in [5, 5.41) is 10.1. The number of rotatable bonds is 7. The van der Waals surface area contributed by atoms with Gasteiger partial charge in [-0.25, -0.2) is 0 Å². The van der Waals surface area contributed by atoms with Crippen LogP contribution in [-0.4, -0.2) is 22.1 Å². The van der Waals surface area contributed by atoms with Crippen LogP contribution in [0.15, 0.2) is 36.4 Å². The first-order chi connectivity index (χ1) is 10.5. The number of hydrogen-bond donors (Lipinski definition) is 2. The third-order valence-corrected chi connectivity index (χ3v) is 3.58. The second kappa shape index (κ2) is 7.78. The van der Waals surface area contributed by atoms with Crippen molar-refractivity contribution in [1.82, 2.24) is 15.5 Å². The standard InChI is InChI=1S/C18H25N3O/c1-13(2)11-16-12-17(21-20-16)18(22)19-14(3)9-10-15-7-5-4-6-8-15/h4-8,12-14H,9-11H2,1-3H3,(H,19,22)(H,20,21). The van der Waals surface area contributed by atoms with Gasteiger partial charge in [0.25, 0.3) is 5.91 Å². The normalized spacial score (nSPS) is 12.4. The number of carbonyl (C=O) groups is 1. The second-order valence-corrected chi connectivity index (χ2v) is 6.28. The van der Waals surface area contributed by atoms with Gasteiger partial charge in [0.15, 0.2) is 0 Å². The van der Waals surface area contributed by atoms with E-state index < -0.39 is 0 Å². The van der Waals surface area contributed by atoms with Gasteiger partial charge in [0, 0.05) is 11.7 Å². The number of benzene rings is 1. The van der Waals surface area contributed by atoms with Gasteiger partial charge in [-0.1, -0.05) is 44.2 Å². The fraction of sp³-hybridized carbons (Fsp3) is 0.444. The smallest absolute Gasteiger partial charge is 0.271 e. The van der Waals surface area contributed by atoms with Crippen LogP contribution in [-0.2, 0) is 12.8 Å². The molecule has 4 heteroatoms. The zero-order valence-corrected chi connectivity index (χ0v) is 13.6. The number of amides is 1. The minimum atomic E-state index is -0.105. The predicted molar refractivity (Wildman–Crippen MR) is 88.8 cm³/mol. The average Bonchev–Trinajstić information content (AvgIpc) is 2.94. The van der Waals surface area contributed by atoms with Crippen molar-refractivity contribution >= 4 is 5.91 Å². The van der Waals surface area contributed by atoms with Crippen LogP contribution in [0, 0.1) is 5.92 Å². The van der Waals surface area contributed by atoms with Crippen LogP contribution >= 0.6 is 0 Å². The van der Waals surface area contributed by atoms with Gasteiger partial charge in [-0.2, -0.15) is 5.10 Å². The van der Waals surface area contributed by atoms with Crippen LogP contribution in [0.5, 0.6) is 0 Å². The highest BCUT2D eigenvalue weighted by atomic mass is 16.2. The molecular weight excluding hydrogens is 274 g/mol. The van der Waals surface area contributed by atoms with Gasteiger partial charge in [-0.05, 0) is 43.7 Å². The minimum absolute atomic E-state index is 0.105. The molecule has 22 heavy (non-hydrogen) atoms. The monoisotopic (exact) mass is 299 g/mol. The Morgan fingerprint density at radius 3 is 2.64 bits per heavy atom. The van der Waals surface area contributed by atoms with Crippen molar-refractivity contribution in [3.8, 4) is 0 Å². The lowest BCUT2D eigenvalue weighted by Gasteiger charge is -2.12. The number of aryl methyl sites for hydroxylation is 1. The lowest BCUT2D eigenvalue weighted by atomic mass is 10.1. The quantitative estimate of drug-likeness (QED) is 0.823. The number of aromatic amines is 1. The Balaban J connectivity index is 1.82. The van der Waals surface area contributed by atoms with E-state index in [1.54, 1.807) is 0 Å². The summed E-state index contributed by atoms with van der Waals surface area (Å²) in [6.45, 7) is 6.32. The molecular formula is C18H25N3O. The third-order valence-electron chi connectivity index (χ3n) is 3.58. The van der Waals surface area contributed by atoms with Gasteiger partial charge in [0.05, 0.1) is 0 Å². The van der Waals surface area contributed by atoms with E-state index in [2.05, 4.69) is 41.5 Å². The molecule has 118 valence electrons. The first-order valence-electron chi connectivity index (χ1n) is 7.93. The summed E-state index contributed by atoms with van der Waals surface area (Å²) >= 11 is 0. The molecule has 1 unspecified atom stereocenters. The van der Waals surface area contributed by atoms with Gasteiger partial charge >= 0.3 is 0 Å². The van der Waals surface area contributed by atoms with Crippen LogP contribution < -0.4 is 5.32 Å². The second-order valence-electron chi connectivity index (χ2n) is 6.28. The summed E-state index contributed by atoms with van der Waals surface area (Å²) in [6, 6.07) is 12.3. The van der Waals surface area contributed by atoms with Crippen LogP contribution in [0.25, 0.3) is 0 Å². The maximum absolute atomic E-state index is 12.2. The number of nitrogens with one attached hydrogen (secondary N) is 2. The number of aromatic nitrogens is 2. The molecule has 0 aliphatic carbocycles. The highest BCUT2D eigenvalue weighted by Crippen LogP contribution is 2.08. The first-order valence-corrected chi connectivity index (χ1v) is 7.93. The predicted octanol–water partition coefficient (Wildman–Crippen LogP) is 3.36. The van der Waals surface area contributed by atoms with Gasteiger partial charge in [-0.3, -0.25) is 9.89 Å². The number of H-pyrrole nitrogens is 1. The molecule has 1 atom stereocenters. The fourth-order valence-electron chi connectivity index (χ4n) is 2.42. The molecule has 1 heterocycles. The van der Waals surface area contributed by atoms with Crippen LogP contribution in [0.1, 0.15) is 48.9 Å². The molecule has 2 rings (SSSR count). The van der Waals surface area contributed by atoms with Gasteiger partial charge in [-0.15, -0.1) is 0 Å². The number of carbonyl (C=O) groups excluding carboxylic acids is 1. The fourth-order valence-corrected chi connectivity index (χ4v) is 2.42. The highest BCUT2D eigenvalue weighted by molar-refractivity contribution is 5.92. The summed E-state index contributed by atoms with van der Waals surface area (Å²) in [5.74, 6) is 0.438. The molecule has 0 spiro atoms. The van der Waals surface area contributed by atoms with Crippen molar-refractivity contribution in [2.24, 2.45) is 5.92 Å². The summed E-state index contributed by atoms with van der Waals surface area (Å²) in [5.41, 5.74) is 2.78. The van der Waals surface area contributed by atoms with Gasteiger partial charge in [0.1, 0.15) is 5.69 Å². The van der Waals surface area contributed by atoms with Crippen LogP contribution in [0.3, 0.4) is 0 Å². The molecule has 2 N–H and O–H groups in total. The van der Waals surface area contributed by atoms with Crippen molar-refractivity contribution in [3.05, 3.63) is 53.3 Å². The Labute approximate surface area is 132 Å². The molecule has 1 amide bonds. The Morgan fingerprint density at radius 2 is 1.95 bits per heavy atom. The van der Waals surface area contributed by atoms with E-state index in [1.165, 1.54) is 5.56 Å². The average molecular weight is 299 g/mol. The molecule has 0 saturated carbocycles. The van der Waals surface area contributed by atoms with Crippen molar-refractivity contribution in [2.45, 2.75) is 46.1 Å². The maximum atomic E-state index is 12.2. The lowest BCUT2D eigenvalue weighted by molar-refractivity contribution is 0.0933. The molecule has 4 nitrogen and oxygen atoms in total. The molecule has 1 aromatic carbocycles. The molecule has 0 aliphatic heterocycles. The SMILES string of the molecule is CC(C)Cc1cc(C(=O)NC(C)CCc2ccccc2)n[nH]1. The van der Waals surface area contributed by atoms with E-state index in [4.69, 9.17) is 0 Å². The van der Waals surface area contributed by atoms with E-state index in [1.807, 2.05) is 31.2 Å². The van der Waals surface area contributed by atoms with E-state index in [0.717, 1.165) is 25.0 Å². The van der Waals surface area contributed by atoms with Gasteiger partial charge in [0.2, 0.25) is 0 Å². The van der Waals surface area contributed by atoms with Crippen molar-refractivity contribution < 1.29 is 4.79 Å². The van der Waals surface area contributed by atoms with Crippen molar-refractivity contribution in [2.75, 3.05) is 0 Å². The van der Waals surface area contributed by atoms with Crippen molar-refractivity contribution in [3.63, 3.8) is 0 Å². The summed E-state index contributed by atoms with van der Waals surface area (Å²) in [7, 11) is 0. The van der Waals surface area contributed by atoms with Crippen molar-refractivity contribution in [1.29, 1.82) is 0 Å². The van der Waals surface area contributed by atoms with E-state index in [-0.39, 0.29) is 11.9 Å². The Bertz CT molecular complexity index is 589. The maximum Gasteiger partial charge on any atom is 0.271 e. The Morgan fingerprint density at radius 1 is 1.23 bits per heavy atom. The van der Waals surface area contributed by atoms with E-state index >= 15 is 0 Å². The van der Waals surface area contributed by atoms with Crippen LogP contribution in [0.2, 0.25) is 0 Å². The topological polar surface area (TPSA) is 57.8 Å².